The van der Waals surface area contributed by atoms with Crippen LogP contribution in [0.15, 0.2) is 90.0 Å². The Morgan fingerprint density at radius 2 is 1.46 bits per heavy atom. The number of fused-ring (bicyclic) bond motifs is 2. The van der Waals surface area contributed by atoms with E-state index in [1.807, 2.05) is 48.5 Å². The molecule has 3 saturated heterocycles. The maximum Gasteiger partial charge on any atom is 0.303 e. The van der Waals surface area contributed by atoms with E-state index in [2.05, 4.69) is 10.0 Å². The third-order valence-electron chi connectivity index (χ3n) is 10.3. The van der Waals surface area contributed by atoms with Gasteiger partial charge < -0.3 is 52.5 Å². The number of nitrogens with zero attached hydrogens (tertiary/aromatic N) is 4. The van der Waals surface area contributed by atoms with Crippen LogP contribution >= 0.6 is 0 Å². The third kappa shape index (κ3) is 10.3. The molecule has 3 aromatic rings. The summed E-state index contributed by atoms with van der Waals surface area (Å²) in [6.07, 6.45) is -13.1. The Morgan fingerprint density at radius 3 is 2.13 bits per heavy atom. The van der Waals surface area contributed by atoms with Crippen LogP contribution in [0.1, 0.15) is 52.0 Å². The van der Waals surface area contributed by atoms with Crippen molar-refractivity contribution in [3.8, 4) is 0 Å². The summed E-state index contributed by atoms with van der Waals surface area (Å²) in [6.45, 7) is 2.23. The lowest BCUT2D eigenvalue weighted by Gasteiger charge is -2.51. The summed E-state index contributed by atoms with van der Waals surface area (Å²) in [4.78, 5) is 56.9. The smallest absolute Gasteiger partial charge is 0.303 e. The van der Waals surface area contributed by atoms with Crippen LogP contribution in [-0.2, 0) is 63.6 Å². The van der Waals surface area contributed by atoms with Crippen LogP contribution in [0.3, 0.4) is 0 Å². The highest BCUT2D eigenvalue weighted by Crippen LogP contribution is 2.40. The molecule has 0 aliphatic carbocycles. The summed E-state index contributed by atoms with van der Waals surface area (Å²) in [7, 11) is 0. The van der Waals surface area contributed by atoms with Gasteiger partial charge in [0.25, 0.3) is 11.8 Å². The van der Waals surface area contributed by atoms with E-state index in [0.717, 1.165) is 17.4 Å². The zero-order valence-electron chi connectivity index (χ0n) is 33.3. The van der Waals surface area contributed by atoms with E-state index in [-0.39, 0.29) is 57.3 Å². The number of amides is 2. The van der Waals surface area contributed by atoms with E-state index in [1.165, 1.54) is 19.1 Å². The molecule has 0 aromatic heterocycles. The van der Waals surface area contributed by atoms with Crippen molar-refractivity contribution in [1.29, 1.82) is 0 Å². The van der Waals surface area contributed by atoms with E-state index < -0.39 is 91.4 Å². The van der Waals surface area contributed by atoms with Crippen molar-refractivity contribution in [3.05, 3.63) is 118 Å². The molecular formula is C42H46N4O15. The maximum atomic E-state index is 14.0. The van der Waals surface area contributed by atoms with E-state index >= 15 is 0 Å². The van der Waals surface area contributed by atoms with Crippen molar-refractivity contribution in [2.24, 2.45) is 5.11 Å². The fourth-order valence-corrected chi connectivity index (χ4v) is 7.67. The zero-order valence-corrected chi connectivity index (χ0v) is 33.3. The van der Waals surface area contributed by atoms with Gasteiger partial charge in [-0.25, -0.2) is 0 Å². The molecule has 3 fully saturated rings. The number of esters is 2. The number of carbonyl (C=O) groups excluding carboxylic acids is 4. The summed E-state index contributed by atoms with van der Waals surface area (Å²) in [6, 6.07) is 23.0. The Kier molecular flexibility index (Phi) is 14.7. The summed E-state index contributed by atoms with van der Waals surface area (Å²) in [5, 5.41) is 15.9. The van der Waals surface area contributed by atoms with Crippen LogP contribution in [0, 0.1) is 0 Å². The molecular weight excluding hydrogens is 800 g/mol. The normalized spacial score (nSPS) is 29.6. The largest absolute Gasteiger partial charge is 0.455 e. The van der Waals surface area contributed by atoms with Gasteiger partial charge in [-0.3, -0.25) is 24.1 Å². The molecule has 11 atom stereocenters. The number of benzene rings is 3. The molecule has 0 bridgehead atoms. The molecule has 0 radical (unpaired) electrons. The molecule has 324 valence electrons. The molecule has 61 heavy (non-hydrogen) atoms. The Bertz CT molecular complexity index is 2000. The Hall–Kier alpha value is -5.31. The van der Waals surface area contributed by atoms with Gasteiger partial charge in [-0.2, -0.15) is 0 Å². The first kappa shape index (κ1) is 43.8. The van der Waals surface area contributed by atoms with E-state index in [0.29, 0.717) is 5.56 Å². The first-order valence-corrected chi connectivity index (χ1v) is 19.7. The molecule has 19 nitrogen and oxygen atoms in total. The van der Waals surface area contributed by atoms with Crippen molar-refractivity contribution in [3.63, 3.8) is 0 Å². The summed E-state index contributed by atoms with van der Waals surface area (Å²) >= 11 is 0. The average Bonchev–Trinajstić information content (AvgIpc) is 3.51. The predicted molar refractivity (Wildman–Crippen MR) is 207 cm³/mol. The quantitative estimate of drug-likeness (QED) is 0.0512. The molecule has 1 N–H and O–H groups in total. The van der Waals surface area contributed by atoms with Crippen LogP contribution in [0.4, 0.5) is 0 Å². The SMILES string of the molecule is CC(=O)O[C@H]1[C@H]2O[C@@H](c3ccccc3)OC[C@H]2O[C@@H](O[C@H]2[C@H](O)[C@@H](N3C(=O)c4ccccc4C3=O)[C@H](OCCOCCN=[N+]=[N-])O[C@@H]2COCc2ccccc2)[C@@H]1OC(C)=O. The molecule has 4 aliphatic heterocycles. The number of aliphatic hydroxyl groups is 1. The monoisotopic (exact) mass is 846 g/mol. The molecule has 7 rings (SSSR count). The number of hydrogen-bond donors (Lipinski definition) is 1. The van der Waals surface area contributed by atoms with E-state index in [4.69, 9.17) is 52.9 Å². The number of hydrogen-bond acceptors (Lipinski definition) is 16. The zero-order chi connectivity index (χ0) is 42.9. The highest BCUT2D eigenvalue weighted by molar-refractivity contribution is 6.21. The minimum absolute atomic E-state index is 0.00378. The highest BCUT2D eigenvalue weighted by atomic mass is 16.8. The number of aliphatic hydroxyl groups excluding tert-OH is 1. The molecule has 3 aromatic carbocycles. The lowest BCUT2D eigenvalue weighted by atomic mass is 9.94. The Labute approximate surface area is 350 Å². The number of carbonyl (C=O) groups is 4. The van der Waals surface area contributed by atoms with Gasteiger partial charge in [-0.15, -0.1) is 0 Å². The van der Waals surface area contributed by atoms with Crippen molar-refractivity contribution < 1.29 is 71.7 Å². The topological polar surface area (TPSA) is 233 Å². The van der Waals surface area contributed by atoms with Gasteiger partial charge in [-0.05, 0) is 23.2 Å². The summed E-state index contributed by atoms with van der Waals surface area (Å²) in [5.41, 5.74) is 10.3. The first-order valence-electron chi connectivity index (χ1n) is 19.7. The van der Waals surface area contributed by atoms with Crippen LogP contribution in [0.5, 0.6) is 0 Å². The van der Waals surface area contributed by atoms with Crippen molar-refractivity contribution >= 4 is 23.8 Å². The number of ether oxygens (including phenoxy) is 10. The van der Waals surface area contributed by atoms with Gasteiger partial charge in [0, 0.05) is 30.9 Å². The van der Waals surface area contributed by atoms with Gasteiger partial charge >= 0.3 is 11.9 Å². The highest BCUT2D eigenvalue weighted by Gasteiger charge is 2.58. The molecule has 4 heterocycles. The van der Waals surface area contributed by atoms with Crippen molar-refractivity contribution in [2.75, 3.05) is 39.6 Å². The average molecular weight is 847 g/mol. The number of imide groups is 1. The van der Waals surface area contributed by atoms with Crippen LogP contribution < -0.4 is 0 Å². The standard InChI is InChI=1S/C42H46N4O15/c1-24(47)56-36-35-31(23-55-40(61-35)27-13-7-4-8-14-27)59-42(37(36)57-25(2)48)60-34-30(22-53-21-26-11-5-3-6-12-26)58-41(54-20-19-52-18-17-44-45-43)32(33(34)49)46-38(50)28-15-9-10-16-29(28)39(46)51/h3-16,30-37,40-42,49H,17-23H2,1-2H3/t30-,31-,32-,33-,34-,35+,36+,37-,40+,41-,42+/m1/s1. The van der Waals surface area contributed by atoms with Gasteiger partial charge in [0.1, 0.15) is 36.6 Å². The van der Waals surface area contributed by atoms with Gasteiger partial charge in [0.15, 0.2) is 31.1 Å². The first-order chi connectivity index (χ1) is 29.6. The fourth-order valence-electron chi connectivity index (χ4n) is 7.67. The fraction of sp³-hybridized carbons (Fsp3) is 0.476. The molecule has 2 amide bonds. The second-order valence-electron chi connectivity index (χ2n) is 14.5. The minimum Gasteiger partial charge on any atom is -0.455 e. The number of azide groups is 1. The number of rotatable bonds is 17. The Morgan fingerprint density at radius 1 is 0.803 bits per heavy atom. The molecule has 0 saturated carbocycles. The molecule has 4 aliphatic rings. The molecule has 0 spiro atoms. The summed E-state index contributed by atoms with van der Waals surface area (Å²) < 4.78 is 61.1. The van der Waals surface area contributed by atoms with Crippen LogP contribution in [0.25, 0.3) is 10.4 Å². The van der Waals surface area contributed by atoms with Crippen molar-refractivity contribution in [2.45, 2.75) is 88.1 Å². The molecule has 0 unspecified atom stereocenters. The van der Waals surface area contributed by atoms with Gasteiger partial charge in [0.2, 0.25) is 0 Å². The van der Waals surface area contributed by atoms with E-state index in [1.54, 1.807) is 24.3 Å². The van der Waals surface area contributed by atoms with E-state index in [9.17, 15) is 24.3 Å². The predicted octanol–water partition coefficient (Wildman–Crippen LogP) is 3.39. The maximum absolute atomic E-state index is 14.0. The molecule has 19 heteroatoms. The van der Waals surface area contributed by atoms with Crippen LogP contribution in [0.2, 0.25) is 0 Å². The second-order valence-corrected chi connectivity index (χ2v) is 14.5. The van der Waals surface area contributed by atoms with Gasteiger partial charge in [-0.1, -0.05) is 77.9 Å². The van der Waals surface area contributed by atoms with Gasteiger partial charge in [0.05, 0.1) is 50.8 Å². The Balaban J connectivity index is 1.21. The lowest BCUT2D eigenvalue weighted by Crippen LogP contribution is -2.69. The third-order valence-corrected chi connectivity index (χ3v) is 10.3. The van der Waals surface area contributed by atoms with Crippen molar-refractivity contribution in [1.82, 2.24) is 4.90 Å². The van der Waals surface area contributed by atoms with Crippen LogP contribution in [-0.4, -0.2) is 135 Å². The lowest BCUT2D eigenvalue weighted by molar-refractivity contribution is -0.383. The summed E-state index contributed by atoms with van der Waals surface area (Å²) in [5.74, 6) is -2.90. The second kappa shape index (κ2) is 20.5. The minimum atomic E-state index is -1.76.